The Morgan fingerprint density at radius 3 is 2.17 bits per heavy atom. The summed E-state index contributed by atoms with van der Waals surface area (Å²) in [5.41, 5.74) is 3.40. The van der Waals surface area contributed by atoms with Gasteiger partial charge in [0, 0.05) is 10.6 Å². The molecule has 0 unspecified atom stereocenters. The number of benzene rings is 2. The molecule has 2 rings (SSSR count). The third kappa shape index (κ3) is 5.91. The van der Waals surface area contributed by atoms with Crippen LogP contribution in [0.1, 0.15) is 16.8 Å². The number of methoxy groups -OCH3 is 1. The van der Waals surface area contributed by atoms with E-state index < -0.39 is 0 Å². The number of carbonyl (C=O) groups excluding carboxylic acids is 1. The summed E-state index contributed by atoms with van der Waals surface area (Å²) in [4.78, 5) is 11.2. The highest BCUT2D eigenvalue weighted by atomic mass is 35.5. The first kappa shape index (κ1) is 20.1. The molecule has 2 aromatic rings. The Bertz CT molecular complexity index is 720. The van der Waals surface area contributed by atoms with E-state index in [1.54, 1.807) is 43.5 Å². The van der Waals surface area contributed by atoms with Crippen molar-refractivity contribution in [1.82, 2.24) is 0 Å². The lowest BCUT2D eigenvalue weighted by Gasteiger charge is -2.05. The van der Waals surface area contributed by atoms with Gasteiger partial charge in [-0.15, -0.1) is 0 Å². The van der Waals surface area contributed by atoms with Crippen molar-refractivity contribution in [2.75, 3.05) is 12.5 Å². The van der Waals surface area contributed by atoms with Crippen LogP contribution in [0, 0.1) is 11.3 Å². The fourth-order valence-electron chi connectivity index (χ4n) is 1.63. The second-order valence-electron chi connectivity index (χ2n) is 4.38. The molecule has 0 spiro atoms. The van der Waals surface area contributed by atoms with Crippen molar-refractivity contribution in [3.05, 3.63) is 57.0 Å². The molecule has 0 saturated carbocycles. The smallest absolute Gasteiger partial charge is 0.176 e. The predicted molar refractivity (Wildman–Crippen MR) is 96.8 cm³/mol. The number of nitrogens with zero attached hydrogens (tertiary/aromatic N) is 1. The molecule has 0 radical (unpaired) electrons. The molecule has 5 nitrogen and oxygen atoms in total. The molecular weight excluding hydrogens is 373 g/mol. The van der Waals surface area contributed by atoms with Crippen LogP contribution in [0.25, 0.3) is 0 Å². The van der Waals surface area contributed by atoms with Crippen LogP contribution in [0.2, 0.25) is 15.1 Å². The number of nitrogen functional groups attached to an aromatic ring is 1. The first-order valence-corrected chi connectivity index (χ1v) is 7.71. The van der Waals surface area contributed by atoms with E-state index in [9.17, 15) is 4.79 Å². The maximum Gasteiger partial charge on any atom is 0.176 e. The topological polar surface area (TPSA) is 88.1 Å². The van der Waals surface area contributed by atoms with E-state index in [2.05, 4.69) is 5.43 Å². The number of nitrogens with two attached hydrogens (primary N) is 1. The third-order valence-electron chi connectivity index (χ3n) is 2.80. The van der Waals surface area contributed by atoms with E-state index in [0.29, 0.717) is 32.1 Å². The second-order valence-corrected chi connectivity index (χ2v) is 5.63. The number of ether oxygens (including phenoxy) is 1. The third-order valence-corrected chi connectivity index (χ3v) is 3.62. The molecule has 3 N–H and O–H groups in total. The standard InChI is InChI=1S/C10H9NO2.C6H5Cl3N2/c1-13-9-4-2-8(3-5-9)10(12)6-7-11;7-3-1-4(8)6(11-10)5(9)2-3/h2-5H,6H2,1H3;1-2,11H,10H2. The van der Waals surface area contributed by atoms with Gasteiger partial charge in [-0.2, -0.15) is 5.26 Å². The van der Waals surface area contributed by atoms with Gasteiger partial charge in [0.25, 0.3) is 0 Å². The summed E-state index contributed by atoms with van der Waals surface area (Å²) in [6.07, 6.45) is -0.0771. The highest BCUT2D eigenvalue weighted by Crippen LogP contribution is 2.32. The number of hydrogen-bond acceptors (Lipinski definition) is 5. The molecule has 2 aromatic carbocycles. The fourth-order valence-corrected chi connectivity index (χ4v) is 2.56. The van der Waals surface area contributed by atoms with Crippen molar-refractivity contribution in [3.8, 4) is 11.8 Å². The average Bonchev–Trinajstić information content (AvgIpc) is 2.55. The minimum atomic E-state index is -0.162. The van der Waals surface area contributed by atoms with Crippen LogP contribution in [0.15, 0.2) is 36.4 Å². The van der Waals surface area contributed by atoms with Crippen LogP contribution < -0.4 is 16.0 Å². The van der Waals surface area contributed by atoms with Gasteiger partial charge in [-0.25, -0.2) is 0 Å². The second kappa shape index (κ2) is 10.0. The van der Waals surface area contributed by atoms with Crippen molar-refractivity contribution in [3.63, 3.8) is 0 Å². The van der Waals surface area contributed by atoms with E-state index in [1.807, 2.05) is 6.07 Å². The quantitative estimate of drug-likeness (QED) is 0.451. The number of hydrogen-bond donors (Lipinski definition) is 2. The number of nitrogens with one attached hydrogen (secondary N) is 1. The fraction of sp³-hybridized carbons (Fsp3) is 0.125. The summed E-state index contributed by atoms with van der Waals surface area (Å²) in [5, 5.41) is 9.60. The number of Topliss-reactive ketones (excluding diaryl/α,β-unsaturated/α-hetero) is 1. The lowest BCUT2D eigenvalue weighted by atomic mass is 10.1. The lowest BCUT2D eigenvalue weighted by molar-refractivity contribution is 0.0997. The molecule has 0 atom stereocenters. The Morgan fingerprint density at radius 1 is 1.21 bits per heavy atom. The number of anilines is 1. The van der Waals surface area contributed by atoms with Crippen LogP contribution in [0.3, 0.4) is 0 Å². The van der Waals surface area contributed by atoms with Gasteiger partial charge in [0.1, 0.15) is 5.75 Å². The van der Waals surface area contributed by atoms with Gasteiger partial charge in [-0.3, -0.25) is 10.6 Å². The predicted octanol–water partition coefficient (Wildman–Crippen LogP) is 4.72. The summed E-state index contributed by atoms with van der Waals surface area (Å²) in [6, 6.07) is 11.6. The number of carbonyl (C=O) groups is 1. The van der Waals surface area contributed by atoms with Gasteiger partial charge < -0.3 is 10.2 Å². The van der Waals surface area contributed by atoms with Crippen LogP contribution in [0.5, 0.6) is 5.75 Å². The number of rotatable bonds is 4. The molecule has 0 aliphatic rings. The molecule has 0 heterocycles. The minimum absolute atomic E-state index is 0.0771. The first-order valence-electron chi connectivity index (χ1n) is 6.58. The highest BCUT2D eigenvalue weighted by molar-refractivity contribution is 6.41. The van der Waals surface area contributed by atoms with E-state index in [-0.39, 0.29) is 12.2 Å². The van der Waals surface area contributed by atoms with Crippen LogP contribution in [0.4, 0.5) is 5.69 Å². The Morgan fingerprint density at radius 2 is 1.75 bits per heavy atom. The molecule has 126 valence electrons. The van der Waals surface area contributed by atoms with Gasteiger partial charge >= 0.3 is 0 Å². The molecule has 0 aromatic heterocycles. The van der Waals surface area contributed by atoms with Crippen LogP contribution in [-0.2, 0) is 0 Å². The van der Waals surface area contributed by atoms with Crippen molar-refractivity contribution < 1.29 is 9.53 Å². The van der Waals surface area contributed by atoms with E-state index in [0.717, 1.165) is 0 Å². The summed E-state index contributed by atoms with van der Waals surface area (Å²) >= 11 is 17.1. The molecule has 0 fully saturated rings. The van der Waals surface area contributed by atoms with E-state index >= 15 is 0 Å². The molecular formula is C16H14Cl3N3O2. The Kier molecular flexibility index (Phi) is 8.37. The molecule has 0 aliphatic carbocycles. The average molecular weight is 387 g/mol. The van der Waals surface area contributed by atoms with Crippen LogP contribution >= 0.6 is 34.8 Å². The SMILES string of the molecule is COc1ccc(C(=O)CC#N)cc1.NNc1c(Cl)cc(Cl)cc1Cl. The summed E-state index contributed by atoms with van der Waals surface area (Å²) < 4.78 is 4.93. The van der Waals surface area contributed by atoms with Crippen molar-refractivity contribution in [2.45, 2.75) is 6.42 Å². The van der Waals surface area contributed by atoms with E-state index in [1.165, 1.54) is 0 Å². The van der Waals surface area contributed by atoms with Crippen LogP contribution in [-0.4, -0.2) is 12.9 Å². The molecule has 0 saturated heterocycles. The number of halogens is 3. The molecule has 24 heavy (non-hydrogen) atoms. The zero-order valence-corrected chi connectivity index (χ0v) is 14.9. The molecule has 0 amide bonds. The summed E-state index contributed by atoms with van der Waals surface area (Å²) in [5.74, 6) is 5.68. The molecule has 0 aliphatic heterocycles. The number of hydrazine groups is 1. The van der Waals surface area contributed by atoms with Gasteiger partial charge in [-0.1, -0.05) is 34.8 Å². The number of nitriles is 1. The van der Waals surface area contributed by atoms with Crippen molar-refractivity contribution in [1.29, 1.82) is 5.26 Å². The summed E-state index contributed by atoms with van der Waals surface area (Å²) in [6.45, 7) is 0. The minimum Gasteiger partial charge on any atom is -0.497 e. The normalized spacial score (nSPS) is 9.33. The van der Waals surface area contributed by atoms with Gasteiger partial charge in [0.05, 0.1) is 35.3 Å². The van der Waals surface area contributed by atoms with Gasteiger partial charge in [0.15, 0.2) is 5.78 Å². The van der Waals surface area contributed by atoms with Crippen molar-refractivity contribution in [2.24, 2.45) is 5.84 Å². The largest absolute Gasteiger partial charge is 0.497 e. The molecule has 8 heteroatoms. The van der Waals surface area contributed by atoms with Gasteiger partial charge in [-0.05, 0) is 36.4 Å². The zero-order valence-electron chi connectivity index (χ0n) is 12.6. The van der Waals surface area contributed by atoms with Gasteiger partial charge in [0.2, 0.25) is 0 Å². The molecule has 0 bridgehead atoms. The zero-order chi connectivity index (χ0) is 18.1. The Hall–Kier alpha value is -1.97. The monoisotopic (exact) mass is 385 g/mol. The highest BCUT2D eigenvalue weighted by Gasteiger charge is 2.05. The van der Waals surface area contributed by atoms with E-state index in [4.69, 9.17) is 50.6 Å². The Balaban J connectivity index is 0.000000243. The maximum atomic E-state index is 11.2. The lowest BCUT2D eigenvalue weighted by Crippen LogP contribution is -2.07. The maximum absolute atomic E-state index is 11.2. The Labute approximate surface area is 154 Å². The van der Waals surface area contributed by atoms with Crippen molar-refractivity contribution >= 4 is 46.3 Å². The summed E-state index contributed by atoms with van der Waals surface area (Å²) in [7, 11) is 1.56. The number of ketones is 1. The first-order chi connectivity index (χ1) is 11.4.